The molecule has 2 N–H and O–H groups in total. The number of hydrogen-bond acceptors (Lipinski definition) is 3. The van der Waals surface area contributed by atoms with Gasteiger partial charge in [0.1, 0.15) is 5.75 Å². The lowest BCUT2D eigenvalue weighted by Gasteiger charge is -2.44. The first-order chi connectivity index (χ1) is 12.8. The quantitative estimate of drug-likeness (QED) is 0.736. The summed E-state index contributed by atoms with van der Waals surface area (Å²) in [5.74, 6) is 2.04. The van der Waals surface area contributed by atoms with Crippen molar-refractivity contribution in [2.45, 2.75) is 65.0 Å². The molecule has 2 heterocycles. The second-order valence-electron chi connectivity index (χ2n) is 8.58. The van der Waals surface area contributed by atoms with E-state index in [0.717, 1.165) is 30.1 Å². The minimum atomic E-state index is -0.292. The molecule has 2 atom stereocenters. The molecule has 0 aromatic heterocycles. The Balaban J connectivity index is 1.58. The fraction of sp³-hybridized carbons (Fsp3) is 0.500. The van der Waals surface area contributed by atoms with Gasteiger partial charge in [0.25, 0.3) is 0 Å². The topological polar surface area (TPSA) is 38.5 Å². The first-order valence-corrected chi connectivity index (χ1v) is 10.2. The summed E-state index contributed by atoms with van der Waals surface area (Å²) in [5.41, 5.74) is 13.4. The van der Waals surface area contributed by atoms with E-state index in [2.05, 4.69) is 69.9 Å². The van der Waals surface area contributed by atoms with Crippen LogP contribution in [0.3, 0.4) is 0 Å². The van der Waals surface area contributed by atoms with E-state index in [1.165, 1.54) is 35.1 Å². The number of nitrogens with two attached hydrogens (primary N) is 1. The Morgan fingerprint density at radius 3 is 2.26 bits per heavy atom. The van der Waals surface area contributed by atoms with Gasteiger partial charge in [-0.15, -0.1) is 0 Å². The van der Waals surface area contributed by atoms with Gasteiger partial charge < -0.3 is 10.5 Å². The van der Waals surface area contributed by atoms with Crippen molar-refractivity contribution in [1.29, 1.82) is 0 Å². The van der Waals surface area contributed by atoms with Crippen molar-refractivity contribution in [3.05, 3.63) is 58.1 Å². The minimum Gasteiger partial charge on any atom is -0.472 e. The van der Waals surface area contributed by atoms with Crippen LogP contribution >= 0.6 is 0 Å². The number of nitrogens with zero attached hydrogens (tertiary/aromatic N) is 1. The van der Waals surface area contributed by atoms with Crippen molar-refractivity contribution in [1.82, 2.24) is 4.90 Å². The van der Waals surface area contributed by atoms with E-state index >= 15 is 0 Å². The van der Waals surface area contributed by atoms with Crippen molar-refractivity contribution >= 4 is 5.69 Å². The average molecular weight is 365 g/mol. The van der Waals surface area contributed by atoms with Crippen LogP contribution in [-0.2, 0) is 0 Å². The maximum atomic E-state index is 6.70. The number of piperidine rings is 1. The zero-order valence-electron chi connectivity index (χ0n) is 17.3. The van der Waals surface area contributed by atoms with E-state index in [4.69, 9.17) is 10.5 Å². The van der Waals surface area contributed by atoms with Crippen molar-refractivity contribution < 1.29 is 4.74 Å². The predicted octanol–water partition coefficient (Wildman–Crippen LogP) is 5.29. The van der Waals surface area contributed by atoms with Gasteiger partial charge >= 0.3 is 0 Å². The number of benzene rings is 2. The highest BCUT2D eigenvalue weighted by Gasteiger charge is 2.49. The van der Waals surface area contributed by atoms with E-state index < -0.39 is 0 Å². The second-order valence-corrected chi connectivity index (χ2v) is 8.58. The van der Waals surface area contributed by atoms with Gasteiger partial charge in [0.05, 0.1) is 0 Å². The Morgan fingerprint density at radius 1 is 1.00 bits per heavy atom. The number of anilines is 1. The molecule has 2 unspecified atom stereocenters. The van der Waals surface area contributed by atoms with E-state index in [1.54, 1.807) is 0 Å². The molecule has 2 aliphatic heterocycles. The molecule has 27 heavy (non-hydrogen) atoms. The lowest BCUT2D eigenvalue weighted by molar-refractivity contribution is -0.0811. The second kappa shape index (κ2) is 6.56. The summed E-state index contributed by atoms with van der Waals surface area (Å²) in [7, 11) is 0. The van der Waals surface area contributed by atoms with Crippen molar-refractivity contribution in [2.75, 3.05) is 18.8 Å². The summed E-state index contributed by atoms with van der Waals surface area (Å²) in [5, 5.41) is 0. The van der Waals surface area contributed by atoms with Crippen LogP contribution in [0.5, 0.6) is 5.75 Å². The third-order valence-corrected chi connectivity index (χ3v) is 7.30. The van der Waals surface area contributed by atoms with Crippen molar-refractivity contribution in [3.8, 4) is 5.75 Å². The van der Waals surface area contributed by atoms with E-state index in [0.29, 0.717) is 11.8 Å². The van der Waals surface area contributed by atoms with Crippen molar-refractivity contribution in [3.63, 3.8) is 0 Å². The van der Waals surface area contributed by atoms with Gasteiger partial charge in [-0.1, -0.05) is 37.3 Å². The Hall–Kier alpha value is -2.00. The molecule has 4 rings (SSSR count). The molecule has 0 bridgehead atoms. The monoisotopic (exact) mass is 364 g/mol. The number of likely N-dealkylation sites (tertiary alicyclic amines) is 1. The first kappa shape index (κ1) is 18.4. The molecule has 0 amide bonds. The predicted molar refractivity (Wildman–Crippen MR) is 113 cm³/mol. The molecule has 3 heteroatoms. The molecular formula is C24H32N2O. The maximum absolute atomic E-state index is 6.70. The van der Waals surface area contributed by atoms with Gasteiger partial charge in [0.15, 0.2) is 5.72 Å². The third kappa shape index (κ3) is 2.75. The van der Waals surface area contributed by atoms with E-state index in [-0.39, 0.29) is 5.72 Å². The number of rotatable bonds is 2. The average Bonchev–Trinajstić information content (AvgIpc) is 2.98. The highest BCUT2D eigenvalue weighted by atomic mass is 16.5. The highest BCUT2D eigenvalue weighted by molar-refractivity contribution is 5.67. The molecular weight excluding hydrogens is 332 g/mol. The molecule has 0 saturated carbocycles. The smallest absolute Gasteiger partial charge is 0.167 e. The Labute approximate surface area is 163 Å². The Bertz CT molecular complexity index is 853. The summed E-state index contributed by atoms with van der Waals surface area (Å²) < 4.78 is 6.70. The van der Waals surface area contributed by atoms with Crippen LogP contribution in [0.2, 0.25) is 0 Å². The molecule has 0 aliphatic carbocycles. The first-order valence-electron chi connectivity index (χ1n) is 10.2. The molecule has 2 aliphatic rings. The number of ether oxygens (including phenoxy) is 1. The van der Waals surface area contributed by atoms with Crippen LogP contribution in [0.4, 0.5) is 5.69 Å². The normalized spacial score (nSPS) is 26.0. The molecule has 0 spiro atoms. The van der Waals surface area contributed by atoms with E-state index in [9.17, 15) is 0 Å². The Kier molecular flexibility index (Phi) is 4.46. The standard InChI is InChI=1S/C24H32N2O/c1-15-16(2)23-21(17(3)22(15)25)18(4)24(5,27-23)26-13-11-20(12-14-26)19-9-7-6-8-10-19/h6-10,18,20H,11-14,25H2,1-5H3. The molecule has 3 nitrogen and oxygen atoms in total. The summed E-state index contributed by atoms with van der Waals surface area (Å²) in [6.45, 7) is 13.1. The molecule has 2 aromatic carbocycles. The van der Waals surface area contributed by atoms with Gasteiger partial charge in [-0.05, 0) is 68.7 Å². The van der Waals surface area contributed by atoms with E-state index in [1.807, 2.05) is 0 Å². The number of hydrogen-bond donors (Lipinski definition) is 1. The summed E-state index contributed by atoms with van der Waals surface area (Å²) in [6.07, 6.45) is 2.37. The van der Waals surface area contributed by atoms with Gasteiger partial charge in [0, 0.05) is 30.3 Å². The van der Waals surface area contributed by atoms with Gasteiger partial charge in [-0.25, -0.2) is 0 Å². The molecule has 144 valence electrons. The van der Waals surface area contributed by atoms with Crippen LogP contribution in [0.15, 0.2) is 30.3 Å². The highest BCUT2D eigenvalue weighted by Crippen LogP contribution is 2.52. The maximum Gasteiger partial charge on any atom is 0.167 e. The zero-order valence-corrected chi connectivity index (χ0v) is 17.3. The lowest BCUT2D eigenvalue weighted by atomic mass is 9.84. The largest absolute Gasteiger partial charge is 0.472 e. The molecule has 1 fully saturated rings. The SMILES string of the molecule is Cc1c(C)c2c(c(C)c1N)C(C)C(C)(N1CCC(c3ccccc3)CC1)O2. The summed E-state index contributed by atoms with van der Waals surface area (Å²) >= 11 is 0. The van der Waals surface area contributed by atoms with Crippen LogP contribution < -0.4 is 10.5 Å². The zero-order chi connectivity index (χ0) is 19.3. The van der Waals surface area contributed by atoms with Crippen molar-refractivity contribution in [2.24, 2.45) is 0 Å². The van der Waals surface area contributed by atoms with Crippen LogP contribution in [0, 0.1) is 20.8 Å². The lowest BCUT2D eigenvalue weighted by Crippen LogP contribution is -2.54. The number of fused-ring (bicyclic) bond motifs is 1. The van der Waals surface area contributed by atoms with Gasteiger partial charge in [-0.2, -0.15) is 0 Å². The van der Waals surface area contributed by atoms with Crippen LogP contribution in [0.25, 0.3) is 0 Å². The Morgan fingerprint density at radius 2 is 1.63 bits per heavy atom. The number of nitrogen functional groups attached to an aromatic ring is 1. The van der Waals surface area contributed by atoms with Gasteiger partial charge in [-0.3, -0.25) is 4.90 Å². The summed E-state index contributed by atoms with van der Waals surface area (Å²) in [4.78, 5) is 2.56. The van der Waals surface area contributed by atoms with Gasteiger partial charge in [0.2, 0.25) is 0 Å². The molecule has 2 aromatic rings. The molecule has 1 saturated heterocycles. The fourth-order valence-corrected chi connectivity index (χ4v) is 5.11. The van der Waals surface area contributed by atoms with Crippen LogP contribution in [-0.4, -0.2) is 23.7 Å². The fourth-order valence-electron chi connectivity index (χ4n) is 5.11. The summed E-state index contributed by atoms with van der Waals surface area (Å²) in [6, 6.07) is 10.9. The minimum absolute atomic E-state index is 0.292. The third-order valence-electron chi connectivity index (χ3n) is 7.30. The molecule has 0 radical (unpaired) electrons. The van der Waals surface area contributed by atoms with Crippen LogP contribution in [0.1, 0.15) is 66.3 Å².